The maximum Gasteiger partial charge on any atom is 0.402 e. The Kier molecular flexibility index (Phi) is 93.0. The molecule has 0 bridgehead atoms. The summed E-state index contributed by atoms with van der Waals surface area (Å²) in [5.74, 6) is 0. The minimum Gasteiger partial charge on any atom is -0.170 e. The SMILES string of the molecule is C.CC.CC.CC.CC.CC.CC.CC(C)(C(F)(F)F)C(F)(F)F.CC(C)(C)C.CCC.c1ccccc1.c1ccccc1.c1ccccc1.c1ccccc1.c1ccccc1.c1ccccc1. The molecule has 392 valence electrons. The zero-order chi connectivity index (χ0) is 54.2. The molecule has 0 aliphatic heterocycles. The summed E-state index contributed by atoms with van der Waals surface area (Å²) in [6.45, 7) is 37.2. The van der Waals surface area contributed by atoms with Gasteiger partial charge >= 0.3 is 12.4 Å². The number of rotatable bonds is 0. The van der Waals surface area contributed by atoms with Crippen LogP contribution in [-0.2, 0) is 0 Å². The second-order valence-electron chi connectivity index (χ2n) is 13.3. The Balaban J connectivity index is -0.0000000682. The third kappa shape index (κ3) is 91.4. The van der Waals surface area contributed by atoms with E-state index in [4.69, 9.17) is 0 Å². The van der Waals surface area contributed by atoms with Crippen LogP contribution >= 0.6 is 0 Å². The van der Waals surface area contributed by atoms with Gasteiger partial charge in [-0.2, -0.15) is 26.3 Å². The number of hydrogen-bond donors (Lipinski definition) is 0. The predicted molar refractivity (Wildman–Crippen MR) is 300 cm³/mol. The van der Waals surface area contributed by atoms with Crippen molar-refractivity contribution in [2.45, 2.75) is 165 Å². The zero-order valence-corrected chi connectivity index (χ0v) is 45.8. The van der Waals surface area contributed by atoms with E-state index in [1.807, 2.05) is 301 Å². The highest BCUT2D eigenvalue weighted by Gasteiger charge is 2.64. The molecule has 0 aromatic heterocycles. The monoisotopic (exact) mass is 961 g/mol. The summed E-state index contributed by atoms with van der Waals surface area (Å²) in [6.07, 6.45) is -9.24. The first-order chi connectivity index (χ1) is 31.9. The van der Waals surface area contributed by atoms with Gasteiger partial charge in [0.25, 0.3) is 0 Å². The highest BCUT2D eigenvalue weighted by molar-refractivity contribution is 5.02. The van der Waals surface area contributed by atoms with Gasteiger partial charge in [-0.15, -0.1) is 0 Å². The highest BCUT2D eigenvalue weighted by Crippen LogP contribution is 2.49. The summed E-state index contributed by atoms with van der Waals surface area (Å²) in [5.41, 5.74) is -3.12. The number of halogens is 6. The van der Waals surface area contributed by atoms with E-state index < -0.39 is 17.8 Å². The maximum atomic E-state index is 11.6. The van der Waals surface area contributed by atoms with Crippen LogP contribution in [0.5, 0.6) is 0 Å². The lowest BCUT2D eigenvalue weighted by Gasteiger charge is -2.29. The Hall–Kier alpha value is -5.10. The molecule has 6 aromatic rings. The molecule has 0 saturated heterocycles. The topological polar surface area (TPSA) is 0 Å². The number of hydrogen-bond acceptors (Lipinski definition) is 0. The van der Waals surface area contributed by atoms with Gasteiger partial charge in [0, 0.05) is 0 Å². The molecule has 0 heterocycles. The van der Waals surface area contributed by atoms with Crippen molar-refractivity contribution < 1.29 is 26.3 Å². The van der Waals surface area contributed by atoms with Crippen molar-refractivity contribution >= 4 is 0 Å². The van der Waals surface area contributed by atoms with Crippen LogP contribution in [0.15, 0.2) is 218 Å². The van der Waals surface area contributed by atoms with Crippen LogP contribution in [0.4, 0.5) is 26.3 Å². The van der Waals surface area contributed by atoms with E-state index >= 15 is 0 Å². The van der Waals surface area contributed by atoms with E-state index in [0.717, 1.165) is 0 Å². The van der Waals surface area contributed by atoms with Gasteiger partial charge in [-0.25, -0.2) is 0 Å². The van der Waals surface area contributed by atoms with Crippen LogP contribution in [0, 0.1) is 10.8 Å². The first kappa shape index (κ1) is 86.1. The summed E-state index contributed by atoms with van der Waals surface area (Å²) < 4.78 is 69.7. The van der Waals surface area contributed by atoms with Gasteiger partial charge < -0.3 is 0 Å². The third-order valence-corrected chi connectivity index (χ3v) is 5.42. The van der Waals surface area contributed by atoms with Gasteiger partial charge in [0.15, 0.2) is 5.41 Å². The van der Waals surface area contributed by atoms with E-state index in [-0.39, 0.29) is 21.3 Å². The smallest absolute Gasteiger partial charge is 0.170 e. The van der Waals surface area contributed by atoms with Crippen molar-refractivity contribution in [3.63, 3.8) is 0 Å². The molecule has 0 nitrogen and oxygen atoms in total. The summed E-state index contributed by atoms with van der Waals surface area (Å²) in [5, 5.41) is 0. The maximum absolute atomic E-state index is 11.6. The molecule has 6 rings (SSSR count). The van der Waals surface area contributed by atoms with E-state index in [1.54, 1.807) is 0 Å². The Labute approximate surface area is 418 Å². The zero-order valence-electron chi connectivity index (χ0n) is 45.8. The van der Waals surface area contributed by atoms with Crippen LogP contribution in [0.25, 0.3) is 0 Å². The summed E-state index contributed by atoms with van der Waals surface area (Å²) in [7, 11) is 0. The summed E-state index contributed by atoms with van der Waals surface area (Å²) in [4.78, 5) is 0. The first-order valence-corrected chi connectivity index (χ1v) is 24.0. The third-order valence-electron chi connectivity index (χ3n) is 5.42. The van der Waals surface area contributed by atoms with Crippen LogP contribution in [0.3, 0.4) is 0 Å². The molecule has 0 amide bonds. The fourth-order valence-electron chi connectivity index (χ4n) is 2.47. The molecular formula is C62H102F6. The van der Waals surface area contributed by atoms with Crippen LogP contribution in [0.1, 0.15) is 152 Å². The molecule has 6 heteroatoms. The minimum absolute atomic E-state index is 0. The average molecular weight is 961 g/mol. The number of benzene rings is 6. The highest BCUT2D eigenvalue weighted by atomic mass is 19.4. The van der Waals surface area contributed by atoms with E-state index in [0.29, 0.717) is 5.41 Å². The molecule has 68 heavy (non-hydrogen) atoms. The van der Waals surface area contributed by atoms with Crippen molar-refractivity contribution in [2.75, 3.05) is 0 Å². The molecule has 0 aliphatic rings. The van der Waals surface area contributed by atoms with E-state index in [9.17, 15) is 26.3 Å². The van der Waals surface area contributed by atoms with Gasteiger partial charge in [0.2, 0.25) is 0 Å². The van der Waals surface area contributed by atoms with Crippen molar-refractivity contribution in [3.8, 4) is 0 Å². The molecule has 0 unspecified atom stereocenters. The second-order valence-corrected chi connectivity index (χ2v) is 13.3. The molecule has 0 N–H and O–H groups in total. The van der Waals surface area contributed by atoms with Crippen LogP contribution in [-0.4, -0.2) is 12.4 Å². The molecule has 6 aromatic carbocycles. The van der Waals surface area contributed by atoms with Gasteiger partial charge in [-0.05, 0) is 19.3 Å². The molecule has 0 radical (unpaired) electrons. The lowest BCUT2D eigenvalue weighted by molar-refractivity contribution is -0.327. The Bertz CT molecular complexity index is 1060. The normalized spacial score (nSPS) is 8.38. The average Bonchev–Trinajstić information content (AvgIpc) is 3.39. The van der Waals surface area contributed by atoms with Crippen molar-refractivity contribution in [3.05, 3.63) is 218 Å². The van der Waals surface area contributed by atoms with Gasteiger partial charge in [-0.1, -0.05) is 357 Å². The Morgan fingerprint density at radius 3 is 0.279 bits per heavy atom. The molecule has 0 spiro atoms. The van der Waals surface area contributed by atoms with Gasteiger partial charge in [0.05, 0.1) is 0 Å². The first-order valence-electron chi connectivity index (χ1n) is 24.0. The Morgan fingerprint density at radius 1 is 0.221 bits per heavy atom. The number of alkyl halides is 6. The largest absolute Gasteiger partial charge is 0.402 e. The van der Waals surface area contributed by atoms with Crippen molar-refractivity contribution in [2.24, 2.45) is 10.8 Å². The minimum atomic E-state index is -5.24. The lowest BCUT2D eigenvalue weighted by Crippen LogP contribution is -2.44. The Morgan fingerprint density at radius 2 is 0.265 bits per heavy atom. The van der Waals surface area contributed by atoms with Crippen molar-refractivity contribution in [1.82, 2.24) is 0 Å². The lowest BCUT2D eigenvalue weighted by atomic mass is 9.92. The summed E-state index contributed by atoms with van der Waals surface area (Å²) >= 11 is 0. The van der Waals surface area contributed by atoms with Crippen molar-refractivity contribution in [1.29, 1.82) is 0 Å². The molecule has 0 fully saturated rings. The summed E-state index contributed by atoms with van der Waals surface area (Å²) in [6, 6.07) is 72.0. The molecule has 0 aliphatic carbocycles. The van der Waals surface area contributed by atoms with E-state index in [1.165, 1.54) is 6.42 Å². The predicted octanol–water partition coefficient (Wildman–Crippen LogP) is 23.5. The fourth-order valence-corrected chi connectivity index (χ4v) is 2.47. The van der Waals surface area contributed by atoms with Crippen LogP contribution in [0.2, 0.25) is 0 Å². The van der Waals surface area contributed by atoms with Gasteiger partial charge in [-0.3, -0.25) is 0 Å². The van der Waals surface area contributed by atoms with Gasteiger partial charge in [0.1, 0.15) is 0 Å². The molecular weight excluding hydrogens is 859 g/mol. The van der Waals surface area contributed by atoms with Crippen LogP contribution < -0.4 is 0 Å². The molecule has 0 saturated carbocycles. The van der Waals surface area contributed by atoms with E-state index in [2.05, 4.69) is 41.5 Å². The fraction of sp³-hybridized carbons (Fsp3) is 0.419. The quantitative estimate of drug-likeness (QED) is 0.133. The molecule has 0 atom stereocenters. The second kappa shape index (κ2) is 73.5. The standard InChI is InChI=1S/6C6H6.C5H6F6.C5H12.C3H8.6C2H6.CH4/c6*1-2-4-6-5-3-1;1-3(2,4(6,7)8)5(9,10)11;1-5(2,3)4;1-3-2;6*1-2;/h6*1-6H;1-2H3;1-4H3;3H2,1-2H3;6*1-2H3;1H4.